The van der Waals surface area contributed by atoms with Crippen molar-refractivity contribution in [3.05, 3.63) is 35.4 Å². The van der Waals surface area contributed by atoms with E-state index in [0.717, 1.165) is 19.5 Å². The van der Waals surface area contributed by atoms with E-state index < -0.39 is 46.6 Å². The molecule has 12 heteroatoms. The fourth-order valence-electron chi connectivity index (χ4n) is 2.20. The van der Waals surface area contributed by atoms with Crippen LogP contribution in [0, 0.1) is 5.82 Å². The van der Waals surface area contributed by atoms with E-state index >= 15 is 0 Å². The number of anilines is 1. The first-order valence-corrected chi connectivity index (χ1v) is 8.90. The van der Waals surface area contributed by atoms with Crippen molar-refractivity contribution in [2.45, 2.75) is 4.90 Å². The molecule has 0 saturated carbocycles. The summed E-state index contributed by atoms with van der Waals surface area (Å²) < 4.78 is 92.7. The van der Waals surface area contributed by atoms with Crippen LogP contribution in [0.3, 0.4) is 0 Å². The van der Waals surface area contributed by atoms with E-state index in [1.54, 1.807) is 0 Å². The van der Waals surface area contributed by atoms with Crippen molar-refractivity contribution >= 4 is 38.5 Å². The number of aromatic nitrogens is 3. The van der Waals surface area contributed by atoms with Gasteiger partial charge in [0.15, 0.2) is 11.6 Å². The van der Waals surface area contributed by atoms with Gasteiger partial charge >= 0.3 is 0 Å². The minimum atomic E-state index is -4.33. The van der Waals surface area contributed by atoms with Crippen LogP contribution in [0.5, 0.6) is 11.6 Å². The highest BCUT2D eigenvalue weighted by molar-refractivity contribution is 7.93. The molecular formula is C15H13ClF2N4O4S. The number of halogens is 3. The first kappa shape index (κ1) is 14.4. The molecule has 144 valence electrons. The summed E-state index contributed by atoms with van der Waals surface area (Å²) in [5, 5.41) is -0.188. The number of ether oxygens (including phenoxy) is 2. The molecule has 3 rings (SSSR count). The SMILES string of the molecule is [2H]C([2H])(F)C([2H])([2H])Oc1cnc(NS(=O)(=O)c2c[nH]c3c(F)c(Cl)ccc23)nc1OC. The van der Waals surface area contributed by atoms with Crippen molar-refractivity contribution in [2.24, 2.45) is 0 Å². The van der Waals surface area contributed by atoms with E-state index in [9.17, 15) is 17.2 Å². The van der Waals surface area contributed by atoms with Gasteiger partial charge in [-0.25, -0.2) is 26.9 Å². The van der Waals surface area contributed by atoms with Gasteiger partial charge < -0.3 is 14.5 Å². The lowest BCUT2D eigenvalue weighted by Crippen LogP contribution is -2.15. The van der Waals surface area contributed by atoms with Gasteiger partial charge in [-0.15, -0.1) is 0 Å². The van der Waals surface area contributed by atoms with Gasteiger partial charge in [-0.05, 0) is 12.1 Å². The predicted molar refractivity (Wildman–Crippen MR) is 94.1 cm³/mol. The van der Waals surface area contributed by atoms with Crippen LogP contribution in [0.2, 0.25) is 5.02 Å². The van der Waals surface area contributed by atoms with Crippen LogP contribution in [0.25, 0.3) is 10.9 Å². The number of sulfonamides is 1. The highest BCUT2D eigenvalue weighted by Crippen LogP contribution is 2.30. The zero-order chi connectivity index (χ0) is 23.2. The second kappa shape index (κ2) is 7.53. The number of nitrogens with zero attached hydrogens (tertiary/aromatic N) is 2. The van der Waals surface area contributed by atoms with Gasteiger partial charge in [0.25, 0.3) is 15.9 Å². The average Bonchev–Trinajstić information content (AvgIpc) is 3.10. The van der Waals surface area contributed by atoms with Crippen molar-refractivity contribution in [2.75, 3.05) is 25.0 Å². The van der Waals surface area contributed by atoms with E-state index in [2.05, 4.69) is 19.7 Å². The Morgan fingerprint density at radius 2 is 2.22 bits per heavy atom. The van der Waals surface area contributed by atoms with Crippen molar-refractivity contribution < 1.29 is 32.2 Å². The van der Waals surface area contributed by atoms with E-state index in [4.69, 9.17) is 21.8 Å². The van der Waals surface area contributed by atoms with Gasteiger partial charge in [-0.3, -0.25) is 0 Å². The molecule has 0 unspecified atom stereocenters. The summed E-state index contributed by atoms with van der Waals surface area (Å²) in [6.45, 7) is -7.29. The molecule has 1 aromatic carbocycles. The number of H-pyrrole nitrogens is 1. The summed E-state index contributed by atoms with van der Waals surface area (Å²) in [4.78, 5) is 9.49. The Balaban J connectivity index is 1.93. The normalized spacial score (nSPS) is 14.8. The van der Waals surface area contributed by atoms with Gasteiger partial charge in [0.2, 0.25) is 5.95 Å². The summed E-state index contributed by atoms with van der Waals surface area (Å²) in [6.07, 6.45) is 1.81. The highest BCUT2D eigenvalue weighted by Gasteiger charge is 2.23. The Bertz CT molecular complexity index is 1250. The monoisotopic (exact) mass is 422 g/mol. The van der Waals surface area contributed by atoms with Crippen molar-refractivity contribution in [3.8, 4) is 11.6 Å². The first-order chi connectivity index (χ1) is 14.3. The number of methoxy groups -OCH3 is 1. The molecule has 0 amide bonds. The quantitative estimate of drug-likeness (QED) is 0.606. The molecule has 0 aliphatic carbocycles. The Hall–Kier alpha value is -2.66. The first-order valence-electron chi connectivity index (χ1n) is 9.03. The number of rotatable bonds is 7. The molecule has 0 saturated heterocycles. The number of aromatic amines is 1. The maximum Gasteiger partial charge on any atom is 0.266 e. The van der Waals surface area contributed by atoms with Crippen LogP contribution in [0.4, 0.5) is 14.7 Å². The maximum atomic E-state index is 14.1. The van der Waals surface area contributed by atoms with Crippen LogP contribution < -0.4 is 14.2 Å². The maximum absolute atomic E-state index is 14.1. The Labute approximate surface area is 163 Å². The standard InChI is InChI=1S/C15H13ClF2N4O4S/c1-25-14-10(26-5-4-17)6-20-15(21-14)22-27(23,24)11-7-19-13-8(11)2-3-9(16)12(13)18/h2-3,6-7,19H,4-5H2,1H3,(H,20,21,22)/i4D2,5D2. The van der Waals surface area contributed by atoms with Crippen LogP contribution in [-0.2, 0) is 10.0 Å². The number of hydrogen-bond acceptors (Lipinski definition) is 6. The Morgan fingerprint density at radius 1 is 1.44 bits per heavy atom. The molecule has 2 aromatic heterocycles. The largest absolute Gasteiger partial charge is 0.484 e. The average molecular weight is 423 g/mol. The highest BCUT2D eigenvalue weighted by atomic mass is 35.5. The van der Waals surface area contributed by atoms with Gasteiger partial charge in [-0.2, -0.15) is 4.98 Å². The minimum Gasteiger partial charge on any atom is -0.484 e. The molecule has 2 N–H and O–H groups in total. The van der Waals surface area contributed by atoms with Gasteiger partial charge in [0.1, 0.15) is 18.1 Å². The smallest absolute Gasteiger partial charge is 0.266 e. The summed E-state index contributed by atoms with van der Waals surface area (Å²) in [7, 11) is -3.25. The van der Waals surface area contributed by atoms with Crippen LogP contribution in [0.1, 0.15) is 5.48 Å². The topological polar surface area (TPSA) is 106 Å². The molecule has 0 radical (unpaired) electrons. The number of hydrogen-bond donors (Lipinski definition) is 2. The number of benzene rings is 1. The van der Waals surface area contributed by atoms with Gasteiger partial charge in [0, 0.05) is 11.6 Å². The second-order valence-electron chi connectivity index (χ2n) is 4.91. The zero-order valence-electron chi connectivity index (χ0n) is 17.4. The third-order valence-electron chi connectivity index (χ3n) is 3.34. The van der Waals surface area contributed by atoms with Gasteiger partial charge in [0.05, 0.1) is 29.3 Å². The third kappa shape index (κ3) is 3.74. The molecule has 27 heavy (non-hydrogen) atoms. The number of nitrogens with one attached hydrogen (secondary N) is 2. The second-order valence-corrected chi connectivity index (χ2v) is 6.97. The number of alkyl halides is 1. The summed E-state index contributed by atoms with van der Waals surface area (Å²) in [5.41, 5.74) is -0.127. The minimum absolute atomic E-state index is 0.0136. The van der Waals surface area contributed by atoms with Crippen molar-refractivity contribution in [1.82, 2.24) is 15.0 Å². The van der Waals surface area contributed by atoms with Crippen LogP contribution >= 0.6 is 11.6 Å². The summed E-state index contributed by atoms with van der Waals surface area (Å²) >= 11 is 5.68. The van der Waals surface area contributed by atoms with Gasteiger partial charge in [-0.1, -0.05) is 11.6 Å². The fourth-order valence-corrected chi connectivity index (χ4v) is 3.48. The van der Waals surface area contributed by atoms with E-state index in [1.807, 2.05) is 4.72 Å². The zero-order valence-corrected chi connectivity index (χ0v) is 15.0. The molecule has 0 aliphatic heterocycles. The van der Waals surface area contributed by atoms with Crippen molar-refractivity contribution in [1.29, 1.82) is 0 Å². The van der Waals surface area contributed by atoms with Crippen molar-refractivity contribution in [3.63, 3.8) is 0 Å². The molecule has 0 bridgehead atoms. The molecule has 0 spiro atoms. The third-order valence-corrected chi connectivity index (χ3v) is 5.00. The van der Waals surface area contributed by atoms with E-state index in [-0.39, 0.29) is 20.8 Å². The molecule has 3 aromatic rings. The molecule has 0 atom stereocenters. The van der Waals surface area contributed by atoms with E-state index in [0.29, 0.717) is 0 Å². The summed E-state index contributed by atoms with van der Waals surface area (Å²) in [5.74, 6) is -2.45. The lowest BCUT2D eigenvalue weighted by molar-refractivity contribution is 0.256. The number of fused-ring (bicyclic) bond motifs is 1. The lowest BCUT2D eigenvalue weighted by atomic mass is 10.2. The molecule has 8 nitrogen and oxygen atoms in total. The molecular weight excluding hydrogens is 406 g/mol. The van der Waals surface area contributed by atoms with E-state index in [1.165, 1.54) is 12.1 Å². The molecule has 0 fully saturated rings. The van der Waals surface area contributed by atoms with Crippen LogP contribution in [0.15, 0.2) is 29.4 Å². The Morgan fingerprint density at radius 3 is 2.93 bits per heavy atom. The molecule has 0 aliphatic rings. The Kier molecular flexibility index (Phi) is 4.02. The lowest BCUT2D eigenvalue weighted by Gasteiger charge is -2.10. The fraction of sp³-hybridized carbons (Fsp3) is 0.200. The summed E-state index contributed by atoms with van der Waals surface area (Å²) in [6, 6.07) is 2.49. The predicted octanol–water partition coefficient (Wildman–Crippen LogP) is 2.91. The van der Waals surface area contributed by atoms with Crippen LogP contribution in [-0.4, -0.2) is 43.7 Å². The molecule has 2 heterocycles.